The number of hydrogen-bond donors (Lipinski definition) is 3. The quantitative estimate of drug-likeness (QED) is 0.799. The molecule has 0 aliphatic heterocycles. The molecule has 0 radical (unpaired) electrons. The lowest BCUT2D eigenvalue weighted by Gasteiger charge is -2.21. The molecule has 19 heavy (non-hydrogen) atoms. The van der Waals surface area contributed by atoms with Crippen molar-refractivity contribution in [3.8, 4) is 0 Å². The molecule has 3 N–H and O–H groups in total. The van der Waals surface area contributed by atoms with Crippen molar-refractivity contribution in [2.75, 3.05) is 11.9 Å². The van der Waals surface area contributed by atoms with E-state index in [0.717, 1.165) is 0 Å². The van der Waals surface area contributed by atoms with Gasteiger partial charge in [0.1, 0.15) is 11.7 Å². The van der Waals surface area contributed by atoms with Crippen molar-refractivity contribution >= 4 is 23.4 Å². The number of aliphatic hydroxyl groups is 2. The lowest BCUT2D eigenvalue weighted by Crippen LogP contribution is -2.27. The average Bonchev–Trinajstić information content (AvgIpc) is 2.28. The standard InChI is InChI=1S/C13H18ClNO4/c1-13(2,3)19-12(18)15-10-5-4-8(14)6-9(10)11(17)7-16/h4-6,11,16-17H,7H2,1-3H3,(H,15,18). The van der Waals surface area contributed by atoms with Crippen molar-refractivity contribution in [1.82, 2.24) is 0 Å². The highest BCUT2D eigenvalue weighted by molar-refractivity contribution is 6.30. The van der Waals surface area contributed by atoms with Crippen LogP contribution in [0.15, 0.2) is 18.2 Å². The van der Waals surface area contributed by atoms with Crippen molar-refractivity contribution in [3.05, 3.63) is 28.8 Å². The second kappa shape index (κ2) is 6.23. The Hall–Kier alpha value is -1.30. The van der Waals surface area contributed by atoms with E-state index in [2.05, 4.69) is 5.32 Å². The summed E-state index contributed by atoms with van der Waals surface area (Å²) in [6.45, 7) is 4.77. The van der Waals surface area contributed by atoms with Gasteiger partial charge in [-0.05, 0) is 39.0 Å². The van der Waals surface area contributed by atoms with Gasteiger partial charge in [0.05, 0.1) is 6.61 Å². The number of halogens is 1. The zero-order valence-electron chi connectivity index (χ0n) is 11.1. The minimum Gasteiger partial charge on any atom is -0.444 e. The Morgan fingerprint density at radius 1 is 1.47 bits per heavy atom. The molecule has 0 aromatic heterocycles. The molecule has 1 unspecified atom stereocenters. The summed E-state index contributed by atoms with van der Waals surface area (Å²) in [6.07, 6.45) is -1.76. The van der Waals surface area contributed by atoms with Crippen LogP contribution in [0.2, 0.25) is 5.02 Å². The van der Waals surface area contributed by atoms with Crippen molar-refractivity contribution in [3.63, 3.8) is 0 Å². The highest BCUT2D eigenvalue weighted by Gasteiger charge is 2.19. The van der Waals surface area contributed by atoms with Crippen molar-refractivity contribution in [1.29, 1.82) is 0 Å². The molecule has 1 aromatic carbocycles. The largest absolute Gasteiger partial charge is 0.444 e. The molecule has 1 amide bonds. The molecule has 0 fully saturated rings. The molecular weight excluding hydrogens is 270 g/mol. The Balaban J connectivity index is 2.91. The predicted octanol–water partition coefficient (Wildman–Crippen LogP) is 2.71. The van der Waals surface area contributed by atoms with E-state index < -0.39 is 24.4 Å². The molecule has 1 rings (SSSR count). The van der Waals surface area contributed by atoms with E-state index in [0.29, 0.717) is 16.3 Å². The van der Waals surface area contributed by atoms with Crippen LogP contribution < -0.4 is 5.32 Å². The monoisotopic (exact) mass is 287 g/mol. The van der Waals surface area contributed by atoms with Gasteiger partial charge in [-0.25, -0.2) is 4.79 Å². The lowest BCUT2D eigenvalue weighted by atomic mass is 10.1. The lowest BCUT2D eigenvalue weighted by molar-refractivity contribution is 0.0634. The summed E-state index contributed by atoms with van der Waals surface area (Å²) in [7, 11) is 0. The minimum absolute atomic E-state index is 0.334. The molecule has 1 atom stereocenters. The smallest absolute Gasteiger partial charge is 0.412 e. The van der Waals surface area contributed by atoms with E-state index in [9.17, 15) is 9.90 Å². The average molecular weight is 288 g/mol. The number of aliphatic hydroxyl groups excluding tert-OH is 2. The first-order chi connectivity index (χ1) is 8.73. The van der Waals surface area contributed by atoms with Gasteiger partial charge >= 0.3 is 6.09 Å². The number of carbonyl (C=O) groups is 1. The number of anilines is 1. The maximum Gasteiger partial charge on any atom is 0.412 e. The van der Waals surface area contributed by atoms with Gasteiger partial charge in [0.15, 0.2) is 0 Å². The van der Waals surface area contributed by atoms with Gasteiger partial charge in [-0.3, -0.25) is 5.32 Å². The Morgan fingerprint density at radius 2 is 2.11 bits per heavy atom. The molecular formula is C13H18ClNO4. The van der Waals surface area contributed by atoms with Gasteiger partial charge in [0, 0.05) is 16.3 Å². The van der Waals surface area contributed by atoms with Gasteiger partial charge in [-0.2, -0.15) is 0 Å². The first kappa shape index (κ1) is 15.8. The Morgan fingerprint density at radius 3 is 2.63 bits per heavy atom. The fraction of sp³-hybridized carbons (Fsp3) is 0.462. The highest BCUT2D eigenvalue weighted by atomic mass is 35.5. The first-order valence-electron chi connectivity index (χ1n) is 5.81. The van der Waals surface area contributed by atoms with Gasteiger partial charge < -0.3 is 14.9 Å². The minimum atomic E-state index is -1.12. The maximum absolute atomic E-state index is 11.7. The summed E-state index contributed by atoms with van der Waals surface area (Å²) < 4.78 is 5.11. The second-order valence-electron chi connectivity index (χ2n) is 5.06. The van der Waals surface area contributed by atoms with Crippen LogP contribution in [0.3, 0.4) is 0 Å². The molecule has 1 aromatic rings. The van der Waals surface area contributed by atoms with E-state index in [1.54, 1.807) is 32.9 Å². The van der Waals surface area contributed by atoms with Crippen LogP contribution in [0.4, 0.5) is 10.5 Å². The van der Waals surface area contributed by atoms with Crippen LogP contribution in [-0.2, 0) is 4.74 Å². The molecule has 0 aliphatic carbocycles. The van der Waals surface area contributed by atoms with E-state index in [4.69, 9.17) is 21.4 Å². The number of rotatable bonds is 3. The molecule has 6 heteroatoms. The summed E-state index contributed by atoms with van der Waals surface area (Å²) in [5.74, 6) is 0. The fourth-order valence-corrected chi connectivity index (χ4v) is 1.62. The van der Waals surface area contributed by atoms with Gasteiger partial charge in [-0.1, -0.05) is 11.6 Å². The number of hydrogen-bond acceptors (Lipinski definition) is 4. The normalized spacial score (nSPS) is 12.9. The Bertz CT molecular complexity index is 456. The van der Waals surface area contributed by atoms with Crippen LogP contribution in [0.25, 0.3) is 0 Å². The summed E-state index contributed by atoms with van der Waals surface area (Å²) >= 11 is 5.82. The summed E-state index contributed by atoms with van der Waals surface area (Å²) in [6, 6.07) is 4.59. The van der Waals surface area contributed by atoms with E-state index in [1.807, 2.05) is 0 Å². The third-order valence-corrected chi connectivity index (χ3v) is 2.42. The van der Waals surface area contributed by atoms with Gasteiger partial charge in [0.25, 0.3) is 0 Å². The van der Waals surface area contributed by atoms with Crippen molar-refractivity contribution < 1.29 is 19.7 Å². The predicted molar refractivity (Wildman–Crippen MR) is 73.4 cm³/mol. The van der Waals surface area contributed by atoms with Gasteiger partial charge in [-0.15, -0.1) is 0 Å². The number of amides is 1. The van der Waals surface area contributed by atoms with Crippen LogP contribution in [0.5, 0.6) is 0 Å². The van der Waals surface area contributed by atoms with Crippen LogP contribution in [-0.4, -0.2) is 28.5 Å². The summed E-state index contributed by atoms with van der Waals surface area (Å²) in [5.41, 5.74) is 0.0628. The number of nitrogens with one attached hydrogen (secondary N) is 1. The van der Waals surface area contributed by atoms with Gasteiger partial charge in [0.2, 0.25) is 0 Å². The number of benzene rings is 1. The van der Waals surface area contributed by atoms with Crippen molar-refractivity contribution in [2.45, 2.75) is 32.5 Å². The highest BCUT2D eigenvalue weighted by Crippen LogP contribution is 2.26. The maximum atomic E-state index is 11.7. The SMILES string of the molecule is CC(C)(C)OC(=O)Nc1ccc(Cl)cc1C(O)CO. The molecule has 0 spiro atoms. The molecule has 0 saturated heterocycles. The third kappa shape index (κ3) is 5.06. The Labute approximate surface area is 117 Å². The summed E-state index contributed by atoms with van der Waals surface area (Å²) in [5, 5.41) is 21.6. The first-order valence-corrected chi connectivity index (χ1v) is 6.19. The molecule has 0 bridgehead atoms. The molecule has 106 valence electrons. The number of carbonyl (C=O) groups excluding carboxylic acids is 1. The fourth-order valence-electron chi connectivity index (χ4n) is 1.44. The van der Waals surface area contributed by atoms with E-state index >= 15 is 0 Å². The van der Waals surface area contributed by atoms with Crippen LogP contribution in [0.1, 0.15) is 32.4 Å². The topological polar surface area (TPSA) is 78.8 Å². The Kier molecular flexibility index (Phi) is 5.17. The summed E-state index contributed by atoms with van der Waals surface area (Å²) in [4.78, 5) is 11.7. The van der Waals surface area contributed by atoms with Crippen molar-refractivity contribution in [2.24, 2.45) is 0 Å². The van der Waals surface area contributed by atoms with E-state index in [-0.39, 0.29) is 0 Å². The molecule has 0 aliphatic rings. The van der Waals surface area contributed by atoms with E-state index in [1.165, 1.54) is 6.07 Å². The molecule has 0 heterocycles. The third-order valence-electron chi connectivity index (χ3n) is 2.18. The van der Waals surface area contributed by atoms with Crippen LogP contribution >= 0.6 is 11.6 Å². The molecule has 5 nitrogen and oxygen atoms in total. The molecule has 0 saturated carbocycles. The van der Waals surface area contributed by atoms with Crippen LogP contribution in [0, 0.1) is 0 Å². The number of ether oxygens (including phenoxy) is 1. The zero-order valence-corrected chi connectivity index (χ0v) is 11.9. The zero-order chi connectivity index (χ0) is 14.6. The second-order valence-corrected chi connectivity index (χ2v) is 5.49.